The van der Waals surface area contributed by atoms with Gasteiger partial charge in [0.05, 0.1) is 6.10 Å². The molecule has 1 aromatic heterocycles. The highest BCUT2D eigenvalue weighted by molar-refractivity contribution is 7.10. The predicted molar refractivity (Wildman–Crippen MR) is 69.1 cm³/mol. The number of hydrogen-bond donors (Lipinski definition) is 1. The van der Waals surface area contributed by atoms with E-state index in [0.29, 0.717) is 12.1 Å². The van der Waals surface area contributed by atoms with Crippen molar-refractivity contribution in [2.45, 2.75) is 45.3 Å². The molecule has 0 spiro atoms. The molecule has 1 aromatic rings. The molecule has 0 aliphatic carbocycles. The molecule has 2 atom stereocenters. The Morgan fingerprint density at radius 1 is 1.62 bits per heavy atom. The fourth-order valence-corrected chi connectivity index (χ4v) is 3.08. The summed E-state index contributed by atoms with van der Waals surface area (Å²) in [6.07, 6.45) is 4.03. The second kappa shape index (κ2) is 5.80. The summed E-state index contributed by atoms with van der Waals surface area (Å²) < 4.78 is 5.72. The molecule has 3 heteroatoms. The Labute approximate surface area is 102 Å². The smallest absolute Gasteiger partial charge is 0.0594 e. The van der Waals surface area contributed by atoms with Gasteiger partial charge in [-0.05, 0) is 49.7 Å². The second-order valence-electron chi connectivity index (χ2n) is 4.47. The van der Waals surface area contributed by atoms with Gasteiger partial charge in [0.15, 0.2) is 0 Å². The van der Waals surface area contributed by atoms with Gasteiger partial charge in [0, 0.05) is 17.5 Å². The van der Waals surface area contributed by atoms with Gasteiger partial charge in [-0.15, -0.1) is 11.3 Å². The van der Waals surface area contributed by atoms with E-state index >= 15 is 0 Å². The summed E-state index contributed by atoms with van der Waals surface area (Å²) in [6.45, 7) is 6.31. The summed E-state index contributed by atoms with van der Waals surface area (Å²) in [5.41, 5.74) is 1.43. The zero-order chi connectivity index (χ0) is 11.4. The van der Waals surface area contributed by atoms with Crippen LogP contribution in [0, 0.1) is 6.92 Å². The Balaban J connectivity index is 1.98. The van der Waals surface area contributed by atoms with E-state index in [9.17, 15) is 0 Å². The molecule has 2 heterocycles. The number of aryl methyl sites for hydroxylation is 1. The number of rotatable bonds is 5. The highest BCUT2D eigenvalue weighted by atomic mass is 32.1. The van der Waals surface area contributed by atoms with E-state index in [0.717, 1.165) is 19.6 Å². The van der Waals surface area contributed by atoms with E-state index in [1.54, 1.807) is 0 Å². The summed E-state index contributed by atoms with van der Waals surface area (Å²) in [4.78, 5) is 1.39. The average Bonchev–Trinajstić information content (AvgIpc) is 2.88. The normalized spacial score (nSPS) is 22.5. The van der Waals surface area contributed by atoms with Crippen LogP contribution in [0.15, 0.2) is 11.4 Å². The minimum Gasteiger partial charge on any atom is -0.378 e. The quantitative estimate of drug-likeness (QED) is 0.851. The van der Waals surface area contributed by atoms with Gasteiger partial charge in [0.25, 0.3) is 0 Å². The lowest BCUT2D eigenvalue weighted by Crippen LogP contribution is -2.24. The number of nitrogens with one attached hydrogen (secondary N) is 1. The molecule has 16 heavy (non-hydrogen) atoms. The Hall–Kier alpha value is -0.380. The van der Waals surface area contributed by atoms with E-state index in [4.69, 9.17) is 4.74 Å². The molecule has 0 amide bonds. The van der Waals surface area contributed by atoms with Crippen molar-refractivity contribution in [2.75, 3.05) is 13.2 Å². The third-order valence-electron chi connectivity index (χ3n) is 3.13. The van der Waals surface area contributed by atoms with Gasteiger partial charge in [0.1, 0.15) is 0 Å². The third kappa shape index (κ3) is 3.06. The maximum absolute atomic E-state index is 5.72. The van der Waals surface area contributed by atoms with Crippen molar-refractivity contribution in [3.05, 3.63) is 21.9 Å². The van der Waals surface area contributed by atoms with Crippen LogP contribution in [-0.4, -0.2) is 19.3 Å². The zero-order valence-electron chi connectivity index (χ0n) is 10.2. The van der Waals surface area contributed by atoms with Crippen LogP contribution >= 0.6 is 11.3 Å². The molecule has 2 nitrogen and oxygen atoms in total. The molecule has 1 aliphatic heterocycles. The van der Waals surface area contributed by atoms with Crippen molar-refractivity contribution in [3.8, 4) is 0 Å². The molecule has 1 aliphatic rings. The molecule has 1 saturated heterocycles. The number of ether oxygens (including phenoxy) is 1. The number of thiophene rings is 1. The van der Waals surface area contributed by atoms with Gasteiger partial charge < -0.3 is 10.1 Å². The van der Waals surface area contributed by atoms with Gasteiger partial charge in [-0.3, -0.25) is 0 Å². The third-order valence-corrected chi connectivity index (χ3v) is 4.01. The standard InChI is InChI=1S/C13H21NOS/c1-3-14-13(8-12-5-4-6-15-12)11-7-10(2)16-9-11/h7,9,12-14H,3-6,8H2,1-2H3. The van der Waals surface area contributed by atoms with Gasteiger partial charge in [-0.25, -0.2) is 0 Å². The topological polar surface area (TPSA) is 21.3 Å². The van der Waals surface area contributed by atoms with E-state index in [-0.39, 0.29) is 0 Å². The fourth-order valence-electron chi connectivity index (χ4n) is 2.32. The first-order valence-corrected chi connectivity index (χ1v) is 7.07. The molecule has 0 bridgehead atoms. The Morgan fingerprint density at radius 2 is 2.50 bits per heavy atom. The molecule has 0 saturated carbocycles. The minimum atomic E-state index is 0.462. The minimum absolute atomic E-state index is 0.462. The SMILES string of the molecule is CCNC(CC1CCCO1)c1csc(C)c1. The first-order valence-electron chi connectivity index (χ1n) is 6.19. The Morgan fingerprint density at radius 3 is 3.06 bits per heavy atom. The maximum Gasteiger partial charge on any atom is 0.0594 e. The highest BCUT2D eigenvalue weighted by Crippen LogP contribution is 2.27. The maximum atomic E-state index is 5.72. The van der Waals surface area contributed by atoms with Crippen LogP contribution in [-0.2, 0) is 4.74 Å². The Bertz CT molecular complexity index is 317. The van der Waals surface area contributed by atoms with Crippen molar-refractivity contribution in [2.24, 2.45) is 0 Å². The summed E-state index contributed by atoms with van der Waals surface area (Å²) in [6, 6.07) is 2.77. The van der Waals surface area contributed by atoms with Crippen molar-refractivity contribution >= 4 is 11.3 Å². The largest absolute Gasteiger partial charge is 0.378 e. The van der Waals surface area contributed by atoms with Crippen LogP contribution in [0.3, 0.4) is 0 Å². The number of hydrogen-bond acceptors (Lipinski definition) is 3. The van der Waals surface area contributed by atoms with Crippen molar-refractivity contribution in [3.63, 3.8) is 0 Å². The van der Waals surface area contributed by atoms with E-state index in [2.05, 4.69) is 30.6 Å². The molecular formula is C13H21NOS. The first-order chi connectivity index (χ1) is 7.79. The molecule has 0 radical (unpaired) electrons. The zero-order valence-corrected chi connectivity index (χ0v) is 11.0. The lowest BCUT2D eigenvalue weighted by atomic mass is 10.0. The monoisotopic (exact) mass is 239 g/mol. The van der Waals surface area contributed by atoms with Crippen LogP contribution < -0.4 is 5.32 Å². The van der Waals surface area contributed by atoms with Crippen LogP contribution in [0.4, 0.5) is 0 Å². The highest BCUT2D eigenvalue weighted by Gasteiger charge is 2.21. The fraction of sp³-hybridized carbons (Fsp3) is 0.692. The van der Waals surface area contributed by atoms with E-state index in [1.165, 1.54) is 23.3 Å². The predicted octanol–water partition coefficient (Wildman–Crippen LogP) is 3.28. The molecule has 2 rings (SSSR count). The Kier molecular flexibility index (Phi) is 4.38. The van der Waals surface area contributed by atoms with Gasteiger partial charge in [0.2, 0.25) is 0 Å². The van der Waals surface area contributed by atoms with Gasteiger partial charge in [-0.2, -0.15) is 0 Å². The molecule has 0 aromatic carbocycles. The van der Waals surface area contributed by atoms with E-state index in [1.807, 2.05) is 11.3 Å². The van der Waals surface area contributed by atoms with Gasteiger partial charge >= 0.3 is 0 Å². The lowest BCUT2D eigenvalue weighted by molar-refractivity contribution is 0.0948. The summed E-state index contributed by atoms with van der Waals surface area (Å²) in [7, 11) is 0. The van der Waals surface area contributed by atoms with E-state index < -0.39 is 0 Å². The molecule has 90 valence electrons. The van der Waals surface area contributed by atoms with Crippen molar-refractivity contribution < 1.29 is 4.74 Å². The molecule has 1 N–H and O–H groups in total. The second-order valence-corrected chi connectivity index (χ2v) is 5.59. The summed E-state index contributed by atoms with van der Waals surface area (Å²) >= 11 is 1.84. The molecular weight excluding hydrogens is 218 g/mol. The first kappa shape index (κ1) is 12.1. The lowest BCUT2D eigenvalue weighted by Gasteiger charge is -2.20. The van der Waals surface area contributed by atoms with Crippen molar-refractivity contribution in [1.29, 1.82) is 0 Å². The van der Waals surface area contributed by atoms with Crippen LogP contribution in [0.1, 0.15) is 42.7 Å². The van der Waals surface area contributed by atoms with Crippen LogP contribution in [0.25, 0.3) is 0 Å². The van der Waals surface area contributed by atoms with Crippen LogP contribution in [0.2, 0.25) is 0 Å². The summed E-state index contributed by atoms with van der Waals surface area (Å²) in [5, 5.41) is 5.84. The average molecular weight is 239 g/mol. The molecule has 2 unspecified atom stereocenters. The molecule has 1 fully saturated rings. The summed E-state index contributed by atoms with van der Waals surface area (Å²) in [5.74, 6) is 0. The van der Waals surface area contributed by atoms with Gasteiger partial charge in [-0.1, -0.05) is 6.92 Å². The van der Waals surface area contributed by atoms with Crippen molar-refractivity contribution in [1.82, 2.24) is 5.32 Å². The van der Waals surface area contributed by atoms with Crippen LogP contribution in [0.5, 0.6) is 0 Å².